The number of benzene rings is 1. The Balaban J connectivity index is 2.23. The summed E-state index contributed by atoms with van der Waals surface area (Å²) in [6, 6.07) is 6.20. The molecule has 1 heterocycles. The molecule has 1 aromatic carbocycles. The molecule has 7 heteroatoms. The predicted octanol–water partition coefficient (Wildman–Crippen LogP) is 4.79. The molecule has 0 atom stereocenters. The van der Waals surface area contributed by atoms with Crippen molar-refractivity contribution in [3.63, 3.8) is 0 Å². The van der Waals surface area contributed by atoms with Crippen LogP contribution >= 0.6 is 15.9 Å². The molecule has 0 saturated heterocycles. The van der Waals surface area contributed by atoms with Crippen molar-refractivity contribution >= 4 is 15.9 Å². The first-order valence-corrected chi connectivity index (χ1v) is 5.82. The Morgan fingerprint density at radius 2 is 1.84 bits per heavy atom. The van der Waals surface area contributed by atoms with Gasteiger partial charge in [-0.25, -0.2) is 9.37 Å². The third kappa shape index (κ3) is 3.23. The highest BCUT2D eigenvalue weighted by molar-refractivity contribution is 9.10. The summed E-state index contributed by atoms with van der Waals surface area (Å²) < 4.78 is 55.8. The molecule has 0 aliphatic carbocycles. The summed E-state index contributed by atoms with van der Waals surface area (Å²) >= 11 is 2.97. The second-order valence-electron chi connectivity index (χ2n) is 3.54. The molecule has 0 N–H and O–H groups in total. The van der Waals surface area contributed by atoms with Crippen LogP contribution in [0.4, 0.5) is 17.6 Å². The van der Waals surface area contributed by atoms with E-state index in [9.17, 15) is 17.6 Å². The summed E-state index contributed by atoms with van der Waals surface area (Å²) in [5.41, 5.74) is -0.894. The first-order chi connectivity index (χ1) is 8.88. The van der Waals surface area contributed by atoms with Gasteiger partial charge >= 0.3 is 6.18 Å². The zero-order valence-corrected chi connectivity index (χ0v) is 10.8. The molecular weight excluding hydrogens is 330 g/mol. The van der Waals surface area contributed by atoms with E-state index in [0.717, 1.165) is 12.1 Å². The maximum atomic E-state index is 13.6. The van der Waals surface area contributed by atoms with Gasteiger partial charge in [-0.3, -0.25) is 0 Å². The van der Waals surface area contributed by atoms with Gasteiger partial charge in [-0.1, -0.05) is 6.07 Å². The lowest BCUT2D eigenvalue weighted by Crippen LogP contribution is -2.05. The van der Waals surface area contributed by atoms with Crippen molar-refractivity contribution in [1.29, 1.82) is 0 Å². The second kappa shape index (κ2) is 5.16. The molecule has 0 unspecified atom stereocenters. The van der Waals surface area contributed by atoms with E-state index >= 15 is 0 Å². The molecule has 1 aromatic heterocycles. The summed E-state index contributed by atoms with van der Waals surface area (Å²) in [7, 11) is 0. The molecule has 0 amide bonds. The molecule has 0 bridgehead atoms. The molecule has 100 valence electrons. The topological polar surface area (TPSA) is 22.1 Å². The summed E-state index contributed by atoms with van der Waals surface area (Å²) in [5, 5.41) is 0. The molecule has 0 aliphatic rings. The Morgan fingerprint density at radius 3 is 2.42 bits per heavy atom. The van der Waals surface area contributed by atoms with Crippen molar-refractivity contribution in [3.8, 4) is 11.6 Å². The van der Waals surface area contributed by atoms with E-state index in [4.69, 9.17) is 4.74 Å². The number of aromatic nitrogens is 1. The van der Waals surface area contributed by atoms with Crippen LogP contribution in [0.15, 0.2) is 41.0 Å². The van der Waals surface area contributed by atoms with Gasteiger partial charge in [0, 0.05) is 12.3 Å². The normalized spacial score (nSPS) is 11.4. The fourth-order valence-electron chi connectivity index (χ4n) is 1.28. The average molecular weight is 336 g/mol. The highest BCUT2D eigenvalue weighted by Crippen LogP contribution is 2.31. The zero-order valence-electron chi connectivity index (χ0n) is 9.21. The third-order valence-corrected chi connectivity index (χ3v) is 2.81. The SMILES string of the molecule is Fc1c(Br)cccc1Oc1ccc(C(F)(F)F)cn1. The van der Waals surface area contributed by atoms with Gasteiger partial charge in [-0.05, 0) is 34.1 Å². The van der Waals surface area contributed by atoms with Gasteiger partial charge in [0.15, 0.2) is 11.6 Å². The lowest BCUT2D eigenvalue weighted by Gasteiger charge is -2.08. The van der Waals surface area contributed by atoms with E-state index in [1.807, 2.05) is 0 Å². The fraction of sp³-hybridized carbons (Fsp3) is 0.0833. The molecule has 0 fully saturated rings. The van der Waals surface area contributed by atoms with Gasteiger partial charge in [0.1, 0.15) is 0 Å². The van der Waals surface area contributed by atoms with Crippen molar-refractivity contribution in [2.75, 3.05) is 0 Å². The Hall–Kier alpha value is -1.63. The van der Waals surface area contributed by atoms with Gasteiger partial charge < -0.3 is 4.74 Å². The average Bonchev–Trinajstić information content (AvgIpc) is 2.35. The predicted molar refractivity (Wildman–Crippen MR) is 63.4 cm³/mol. The van der Waals surface area contributed by atoms with Gasteiger partial charge in [-0.2, -0.15) is 13.2 Å². The molecule has 0 saturated carbocycles. The Kier molecular flexibility index (Phi) is 3.75. The number of halogens is 5. The standard InChI is InChI=1S/C12H6BrF4NO/c13-8-2-1-3-9(11(8)14)19-10-5-4-7(6-18-10)12(15,16)17/h1-6H. The van der Waals surface area contributed by atoms with E-state index in [1.165, 1.54) is 18.2 Å². The van der Waals surface area contributed by atoms with Crippen LogP contribution in [-0.2, 0) is 6.18 Å². The Labute approximate surface area is 114 Å². The van der Waals surface area contributed by atoms with Gasteiger partial charge in [0.25, 0.3) is 0 Å². The quantitative estimate of drug-likeness (QED) is 0.736. The largest absolute Gasteiger partial charge is 0.436 e. The Morgan fingerprint density at radius 1 is 1.11 bits per heavy atom. The number of pyridine rings is 1. The van der Waals surface area contributed by atoms with Crippen molar-refractivity contribution in [1.82, 2.24) is 4.98 Å². The summed E-state index contributed by atoms with van der Waals surface area (Å²) in [6.45, 7) is 0. The molecular formula is C12H6BrF4NO. The maximum Gasteiger partial charge on any atom is 0.417 e. The van der Waals surface area contributed by atoms with E-state index in [-0.39, 0.29) is 16.1 Å². The van der Waals surface area contributed by atoms with Crippen molar-refractivity contribution in [2.24, 2.45) is 0 Å². The van der Waals surface area contributed by atoms with Crippen molar-refractivity contribution in [2.45, 2.75) is 6.18 Å². The molecule has 0 radical (unpaired) electrons. The molecule has 2 aromatic rings. The van der Waals surface area contributed by atoms with E-state index in [0.29, 0.717) is 6.20 Å². The zero-order chi connectivity index (χ0) is 14.0. The van der Waals surface area contributed by atoms with Crippen LogP contribution in [-0.4, -0.2) is 4.98 Å². The smallest absolute Gasteiger partial charge is 0.417 e. The van der Waals surface area contributed by atoms with Crippen LogP contribution in [0.3, 0.4) is 0 Å². The van der Waals surface area contributed by atoms with Crippen LogP contribution in [0, 0.1) is 5.82 Å². The second-order valence-corrected chi connectivity index (χ2v) is 4.39. The van der Waals surface area contributed by atoms with Gasteiger partial charge in [-0.15, -0.1) is 0 Å². The van der Waals surface area contributed by atoms with Crippen LogP contribution < -0.4 is 4.74 Å². The molecule has 2 nitrogen and oxygen atoms in total. The fourth-order valence-corrected chi connectivity index (χ4v) is 1.63. The van der Waals surface area contributed by atoms with Crippen LogP contribution in [0.2, 0.25) is 0 Å². The first kappa shape index (κ1) is 13.8. The molecule has 19 heavy (non-hydrogen) atoms. The number of hydrogen-bond donors (Lipinski definition) is 0. The number of rotatable bonds is 2. The minimum Gasteiger partial charge on any atom is -0.436 e. The molecule has 0 spiro atoms. The minimum absolute atomic E-state index is 0.120. The lowest BCUT2D eigenvalue weighted by molar-refractivity contribution is -0.137. The third-order valence-electron chi connectivity index (χ3n) is 2.19. The van der Waals surface area contributed by atoms with Gasteiger partial charge in [0.05, 0.1) is 10.0 Å². The number of nitrogens with zero attached hydrogens (tertiary/aromatic N) is 1. The van der Waals surface area contributed by atoms with E-state index < -0.39 is 17.6 Å². The van der Waals surface area contributed by atoms with E-state index in [1.54, 1.807) is 0 Å². The highest BCUT2D eigenvalue weighted by Gasteiger charge is 2.30. The van der Waals surface area contributed by atoms with Crippen LogP contribution in [0.5, 0.6) is 11.6 Å². The summed E-state index contributed by atoms with van der Waals surface area (Å²) in [4.78, 5) is 3.49. The van der Waals surface area contributed by atoms with E-state index in [2.05, 4.69) is 20.9 Å². The summed E-state index contributed by atoms with van der Waals surface area (Å²) in [6.07, 6.45) is -3.84. The van der Waals surface area contributed by atoms with Crippen molar-refractivity contribution in [3.05, 3.63) is 52.4 Å². The number of ether oxygens (including phenoxy) is 1. The molecule has 2 rings (SSSR count). The Bertz CT molecular complexity index is 583. The maximum absolute atomic E-state index is 13.6. The number of alkyl halides is 3. The monoisotopic (exact) mass is 335 g/mol. The van der Waals surface area contributed by atoms with Crippen LogP contribution in [0.25, 0.3) is 0 Å². The lowest BCUT2D eigenvalue weighted by atomic mass is 10.3. The first-order valence-electron chi connectivity index (χ1n) is 5.03. The van der Waals surface area contributed by atoms with Crippen molar-refractivity contribution < 1.29 is 22.3 Å². The van der Waals surface area contributed by atoms with Crippen LogP contribution in [0.1, 0.15) is 5.56 Å². The van der Waals surface area contributed by atoms with Gasteiger partial charge in [0.2, 0.25) is 5.88 Å². The molecule has 0 aliphatic heterocycles. The summed E-state index contributed by atoms with van der Waals surface area (Å²) in [5.74, 6) is -0.893. The minimum atomic E-state index is -4.47. The highest BCUT2D eigenvalue weighted by atomic mass is 79.9. The number of hydrogen-bond acceptors (Lipinski definition) is 2.